The first-order valence-corrected chi connectivity index (χ1v) is 7.59. The van der Waals surface area contributed by atoms with Gasteiger partial charge in [0.25, 0.3) is 0 Å². The average Bonchev–Trinajstić information content (AvgIpc) is 2.31. The molecule has 0 spiro atoms. The number of hydrogen-bond acceptors (Lipinski definition) is 1. The third-order valence-corrected chi connectivity index (χ3v) is 5.08. The zero-order chi connectivity index (χ0) is 12.5. The van der Waals surface area contributed by atoms with Crippen LogP contribution in [0.3, 0.4) is 0 Å². The Morgan fingerprint density at radius 3 is 2.28 bits per heavy atom. The molecule has 0 heterocycles. The molecule has 2 aliphatic carbocycles. The molecule has 18 heavy (non-hydrogen) atoms. The molecule has 0 atom stereocenters. The molecular weight excluding hydrogens is 244 g/mol. The highest BCUT2D eigenvalue weighted by Gasteiger charge is 2.25. The van der Waals surface area contributed by atoms with Gasteiger partial charge in [-0.3, -0.25) is 0 Å². The number of halogens is 1. The molecule has 0 aliphatic heterocycles. The predicted octanol–water partition coefficient (Wildman–Crippen LogP) is 4.63. The van der Waals surface area contributed by atoms with E-state index in [-0.39, 0.29) is 6.10 Å². The second-order valence-corrected chi connectivity index (χ2v) is 6.32. The van der Waals surface area contributed by atoms with Gasteiger partial charge in [-0.1, -0.05) is 30.2 Å². The van der Waals surface area contributed by atoms with Crippen LogP contribution in [0.1, 0.15) is 67.9 Å². The molecule has 0 bridgehead atoms. The van der Waals surface area contributed by atoms with Gasteiger partial charge in [0.2, 0.25) is 0 Å². The maximum Gasteiger partial charge on any atom is 0.0540 e. The van der Waals surface area contributed by atoms with Crippen LogP contribution in [-0.2, 0) is 0 Å². The third kappa shape index (κ3) is 2.44. The molecule has 0 amide bonds. The summed E-state index contributed by atoms with van der Waals surface area (Å²) in [7, 11) is 0. The summed E-state index contributed by atoms with van der Waals surface area (Å²) in [6.45, 7) is 0. The first kappa shape index (κ1) is 12.5. The molecule has 0 radical (unpaired) electrons. The molecule has 3 rings (SSSR count). The lowest BCUT2D eigenvalue weighted by Gasteiger charge is -2.29. The van der Waals surface area contributed by atoms with Crippen molar-refractivity contribution in [3.05, 3.63) is 34.3 Å². The highest BCUT2D eigenvalue weighted by molar-refractivity contribution is 6.31. The van der Waals surface area contributed by atoms with E-state index in [1.54, 1.807) is 0 Å². The van der Waals surface area contributed by atoms with Crippen LogP contribution in [0, 0.1) is 0 Å². The van der Waals surface area contributed by atoms with Crippen LogP contribution in [-0.4, -0.2) is 11.2 Å². The van der Waals surface area contributed by atoms with Crippen LogP contribution >= 0.6 is 11.6 Å². The van der Waals surface area contributed by atoms with Crippen molar-refractivity contribution in [3.8, 4) is 0 Å². The number of benzene rings is 1. The lowest BCUT2D eigenvalue weighted by Crippen LogP contribution is -2.17. The Morgan fingerprint density at radius 2 is 1.67 bits per heavy atom. The molecule has 2 fully saturated rings. The monoisotopic (exact) mass is 264 g/mol. The van der Waals surface area contributed by atoms with Gasteiger partial charge in [-0.2, -0.15) is 0 Å². The first-order valence-electron chi connectivity index (χ1n) is 7.21. The Balaban J connectivity index is 1.79. The Hall–Kier alpha value is -0.530. The Morgan fingerprint density at radius 1 is 0.944 bits per heavy atom. The number of aliphatic hydroxyl groups is 1. The predicted molar refractivity (Wildman–Crippen MR) is 75.3 cm³/mol. The normalized spacial score (nSPS) is 29.0. The molecule has 0 unspecified atom stereocenters. The summed E-state index contributed by atoms with van der Waals surface area (Å²) in [4.78, 5) is 0. The van der Waals surface area contributed by atoms with E-state index in [0.717, 1.165) is 30.7 Å². The van der Waals surface area contributed by atoms with E-state index in [1.807, 2.05) is 0 Å². The summed E-state index contributed by atoms with van der Waals surface area (Å²) in [6, 6.07) is 6.61. The van der Waals surface area contributed by atoms with E-state index >= 15 is 0 Å². The first-order chi connectivity index (χ1) is 8.74. The van der Waals surface area contributed by atoms with Crippen LogP contribution < -0.4 is 0 Å². The Bertz CT molecular complexity index is 417. The zero-order valence-electron chi connectivity index (χ0n) is 10.7. The molecule has 1 aromatic carbocycles. The minimum Gasteiger partial charge on any atom is -0.393 e. The molecule has 2 aliphatic rings. The SMILES string of the molecule is O[C@H]1CC[C@@H](c2ccc(Cl)c(C3CCC3)c2)CC1. The standard InChI is InChI=1S/C16H21ClO/c17-16-9-6-13(10-15(16)12-2-1-3-12)11-4-7-14(18)8-5-11/h6,9-12,14,18H,1-5,7-8H2/t11-,14+. The van der Waals surface area contributed by atoms with Crippen LogP contribution in [0.4, 0.5) is 0 Å². The molecule has 2 saturated carbocycles. The second-order valence-electron chi connectivity index (χ2n) is 5.91. The summed E-state index contributed by atoms with van der Waals surface area (Å²) < 4.78 is 0. The summed E-state index contributed by atoms with van der Waals surface area (Å²) in [6.07, 6.45) is 8.01. The molecule has 1 aromatic rings. The molecule has 2 heteroatoms. The van der Waals surface area contributed by atoms with E-state index in [4.69, 9.17) is 11.6 Å². The van der Waals surface area contributed by atoms with Gasteiger partial charge in [0.15, 0.2) is 0 Å². The topological polar surface area (TPSA) is 20.2 Å². The number of rotatable bonds is 2. The third-order valence-electron chi connectivity index (χ3n) is 4.73. The van der Waals surface area contributed by atoms with Crippen LogP contribution in [0.25, 0.3) is 0 Å². The summed E-state index contributed by atoms with van der Waals surface area (Å²) in [5, 5.41) is 10.5. The van der Waals surface area contributed by atoms with Gasteiger partial charge < -0.3 is 5.11 Å². The zero-order valence-corrected chi connectivity index (χ0v) is 11.5. The Kier molecular flexibility index (Phi) is 3.63. The molecule has 98 valence electrons. The van der Waals surface area contributed by atoms with Gasteiger partial charge in [0.05, 0.1) is 6.10 Å². The lowest BCUT2D eigenvalue weighted by molar-refractivity contribution is 0.122. The van der Waals surface area contributed by atoms with Crippen LogP contribution in [0.15, 0.2) is 18.2 Å². The van der Waals surface area contributed by atoms with Gasteiger partial charge in [0, 0.05) is 5.02 Å². The number of hydrogen-bond donors (Lipinski definition) is 1. The molecule has 1 nitrogen and oxygen atoms in total. The second kappa shape index (κ2) is 5.22. The average molecular weight is 265 g/mol. The van der Waals surface area contributed by atoms with E-state index in [2.05, 4.69) is 18.2 Å². The molecular formula is C16H21ClO. The fourth-order valence-electron chi connectivity index (χ4n) is 3.26. The van der Waals surface area contributed by atoms with Gasteiger partial charge in [-0.25, -0.2) is 0 Å². The highest BCUT2D eigenvalue weighted by atomic mass is 35.5. The van der Waals surface area contributed by atoms with E-state index in [1.165, 1.54) is 30.4 Å². The Labute approximate surface area is 114 Å². The summed E-state index contributed by atoms with van der Waals surface area (Å²) >= 11 is 6.33. The maximum atomic E-state index is 9.59. The van der Waals surface area contributed by atoms with Crippen LogP contribution in [0.2, 0.25) is 5.02 Å². The van der Waals surface area contributed by atoms with Gasteiger partial charge in [-0.15, -0.1) is 0 Å². The van der Waals surface area contributed by atoms with Gasteiger partial charge >= 0.3 is 0 Å². The summed E-state index contributed by atoms with van der Waals surface area (Å²) in [5.74, 6) is 1.33. The fourth-order valence-corrected chi connectivity index (χ4v) is 3.53. The van der Waals surface area contributed by atoms with Crippen molar-refractivity contribution in [2.24, 2.45) is 0 Å². The molecule has 1 N–H and O–H groups in total. The minimum atomic E-state index is -0.0698. The fraction of sp³-hybridized carbons (Fsp3) is 0.625. The van der Waals surface area contributed by atoms with Crippen molar-refractivity contribution in [3.63, 3.8) is 0 Å². The van der Waals surface area contributed by atoms with Crippen LogP contribution in [0.5, 0.6) is 0 Å². The van der Waals surface area contributed by atoms with Crippen molar-refractivity contribution in [1.29, 1.82) is 0 Å². The largest absolute Gasteiger partial charge is 0.393 e. The van der Waals surface area contributed by atoms with E-state index < -0.39 is 0 Å². The van der Waals surface area contributed by atoms with Crippen molar-refractivity contribution < 1.29 is 5.11 Å². The lowest BCUT2D eigenvalue weighted by atomic mass is 9.77. The maximum absolute atomic E-state index is 9.59. The minimum absolute atomic E-state index is 0.0698. The highest BCUT2D eigenvalue weighted by Crippen LogP contribution is 2.42. The van der Waals surface area contributed by atoms with Gasteiger partial charge in [-0.05, 0) is 67.6 Å². The quantitative estimate of drug-likeness (QED) is 0.826. The van der Waals surface area contributed by atoms with Crippen molar-refractivity contribution in [2.45, 2.75) is 62.9 Å². The molecule has 0 aromatic heterocycles. The van der Waals surface area contributed by atoms with E-state index in [0.29, 0.717) is 11.8 Å². The van der Waals surface area contributed by atoms with Crippen molar-refractivity contribution in [2.75, 3.05) is 0 Å². The van der Waals surface area contributed by atoms with E-state index in [9.17, 15) is 5.11 Å². The van der Waals surface area contributed by atoms with Crippen molar-refractivity contribution >= 4 is 11.6 Å². The number of aliphatic hydroxyl groups excluding tert-OH is 1. The summed E-state index contributed by atoms with van der Waals surface area (Å²) in [5.41, 5.74) is 2.81. The molecule has 0 saturated heterocycles. The smallest absolute Gasteiger partial charge is 0.0540 e. The van der Waals surface area contributed by atoms with Crippen molar-refractivity contribution in [1.82, 2.24) is 0 Å². The van der Waals surface area contributed by atoms with Gasteiger partial charge in [0.1, 0.15) is 0 Å².